The van der Waals surface area contributed by atoms with Crippen molar-refractivity contribution in [3.8, 4) is 5.75 Å². The molecule has 1 aromatic heterocycles. The third-order valence-corrected chi connectivity index (χ3v) is 5.69. The van der Waals surface area contributed by atoms with Gasteiger partial charge in [0.15, 0.2) is 11.6 Å². The fourth-order valence-corrected chi connectivity index (χ4v) is 4.02. The molecule has 2 atom stereocenters. The molecule has 0 bridgehead atoms. The average Bonchev–Trinajstić information content (AvgIpc) is 3.35. The predicted octanol–water partition coefficient (Wildman–Crippen LogP) is 0.955. The van der Waals surface area contributed by atoms with E-state index in [1.807, 2.05) is 11.8 Å². The molecule has 1 saturated carbocycles. The van der Waals surface area contributed by atoms with Crippen molar-refractivity contribution < 1.29 is 9.13 Å². The van der Waals surface area contributed by atoms with Crippen LogP contribution in [0.25, 0.3) is 10.9 Å². The number of hydrogen-bond acceptors (Lipinski definition) is 6. The first kappa shape index (κ1) is 20.5. The van der Waals surface area contributed by atoms with Crippen molar-refractivity contribution >= 4 is 29.0 Å². The first-order valence-electron chi connectivity index (χ1n) is 9.18. The monoisotopic (exact) mass is 413 g/mol. The SMILES string of the molecule is COc1c(N2CC[C@@H](C(C)N)C2)c(F)cc2c(=O)n(N)c(=O)n(C3CC3)c12.Cl. The molecule has 1 aromatic carbocycles. The third-order valence-electron chi connectivity index (χ3n) is 5.69. The second kappa shape index (κ2) is 7.29. The first-order valence-corrected chi connectivity index (χ1v) is 9.18. The van der Waals surface area contributed by atoms with Gasteiger partial charge in [0.05, 0.1) is 12.5 Å². The maximum absolute atomic E-state index is 15.1. The highest BCUT2D eigenvalue weighted by Gasteiger charge is 2.34. The van der Waals surface area contributed by atoms with Gasteiger partial charge in [0, 0.05) is 25.2 Å². The number of fused-ring (bicyclic) bond motifs is 1. The van der Waals surface area contributed by atoms with Crippen LogP contribution in [-0.2, 0) is 0 Å². The van der Waals surface area contributed by atoms with E-state index in [-0.39, 0.29) is 47.2 Å². The van der Waals surface area contributed by atoms with Gasteiger partial charge < -0.3 is 21.2 Å². The van der Waals surface area contributed by atoms with Crippen molar-refractivity contribution in [2.24, 2.45) is 11.7 Å². The summed E-state index contributed by atoms with van der Waals surface area (Å²) >= 11 is 0. The van der Waals surface area contributed by atoms with Gasteiger partial charge in [-0.25, -0.2) is 9.18 Å². The topological polar surface area (TPSA) is 109 Å². The number of nitrogens with two attached hydrogens (primary N) is 2. The highest BCUT2D eigenvalue weighted by atomic mass is 35.5. The first-order chi connectivity index (χ1) is 12.8. The molecule has 0 amide bonds. The van der Waals surface area contributed by atoms with Crippen LogP contribution in [0.2, 0.25) is 0 Å². The van der Waals surface area contributed by atoms with Gasteiger partial charge in [0.25, 0.3) is 5.56 Å². The minimum Gasteiger partial charge on any atom is -0.492 e. The molecule has 0 spiro atoms. The number of benzene rings is 1. The number of hydrogen-bond donors (Lipinski definition) is 2. The van der Waals surface area contributed by atoms with Gasteiger partial charge in [-0.15, -0.1) is 12.4 Å². The Morgan fingerprint density at radius 2 is 1.96 bits per heavy atom. The Balaban J connectivity index is 0.00000225. The third kappa shape index (κ3) is 3.02. The number of rotatable bonds is 4. The Hall–Kier alpha value is -2.26. The molecule has 1 aliphatic heterocycles. The van der Waals surface area contributed by atoms with Crippen LogP contribution in [-0.4, -0.2) is 35.5 Å². The maximum atomic E-state index is 15.1. The summed E-state index contributed by atoms with van der Waals surface area (Å²) in [6.45, 7) is 3.17. The summed E-state index contributed by atoms with van der Waals surface area (Å²) in [6.07, 6.45) is 2.46. The molecule has 2 aromatic rings. The molecule has 4 N–H and O–H groups in total. The Bertz CT molecular complexity index is 1030. The number of anilines is 1. The van der Waals surface area contributed by atoms with Crippen molar-refractivity contribution in [2.45, 2.75) is 38.3 Å². The molecular weight excluding hydrogens is 389 g/mol. The molecule has 4 rings (SSSR count). The molecule has 2 heterocycles. The number of ether oxygens (including phenoxy) is 1. The van der Waals surface area contributed by atoms with Crippen molar-refractivity contribution in [2.75, 3.05) is 30.9 Å². The van der Waals surface area contributed by atoms with E-state index in [2.05, 4.69) is 0 Å². The van der Waals surface area contributed by atoms with Crippen LogP contribution in [0.1, 0.15) is 32.2 Å². The number of nitrogen functional groups attached to an aromatic ring is 1. The molecule has 8 nitrogen and oxygen atoms in total. The van der Waals surface area contributed by atoms with Crippen LogP contribution in [0, 0.1) is 11.7 Å². The average molecular weight is 414 g/mol. The molecular formula is C18H25ClFN5O3. The van der Waals surface area contributed by atoms with E-state index in [1.54, 1.807) is 0 Å². The lowest BCUT2D eigenvalue weighted by molar-refractivity contribution is 0.412. The largest absolute Gasteiger partial charge is 0.492 e. The van der Waals surface area contributed by atoms with Crippen LogP contribution in [0.3, 0.4) is 0 Å². The Morgan fingerprint density at radius 3 is 2.50 bits per heavy atom. The molecule has 28 heavy (non-hydrogen) atoms. The van der Waals surface area contributed by atoms with Gasteiger partial charge in [-0.2, -0.15) is 4.68 Å². The molecule has 1 unspecified atom stereocenters. The van der Waals surface area contributed by atoms with E-state index in [0.717, 1.165) is 25.3 Å². The van der Waals surface area contributed by atoms with Crippen LogP contribution < -0.4 is 32.5 Å². The Morgan fingerprint density at radius 1 is 1.29 bits per heavy atom. The zero-order valence-electron chi connectivity index (χ0n) is 15.9. The lowest BCUT2D eigenvalue weighted by atomic mass is 10.0. The van der Waals surface area contributed by atoms with Crippen molar-refractivity contribution in [3.05, 3.63) is 32.7 Å². The van der Waals surface area contributed by atoms with Gasteiger partial charge in [-0.1, -0.05) is 0 Å². The van der Waals surface area contributed by atoms with Crippen LogP contribution in [0.15, 0.2) is 15.7 Å². The summed E-state index contributed by atoms with van der Waals surface area (Å²) in [6, 6.07) is 1.10. The highest BCUT2D eigenvalue weighted by Crippen LogP contribution is 2.43. The number of halogens is 2. The molecule has 1 saturated heterocycles. The summed E-state index contributed by atoms with van der Waals surface area (Å²) in [5, 5.41) is 0.0463. The van der Waals surface area contributed by atoms with Crippen LogP contribution in [0.4, 0.5) is 10.1 Å². The number of nitrogens with zero attached hydrogens (tertiary/aromatic N) is 3. The molecule has 1 aliphatic carbocycles. The smallest absolute Gasteiger partial charge is 0.350 e. The summed E-state index contributed by atoms with van der Waals surface area (Å²) in [5.74, 6) is 5.53. The molecule has 10 heteroatoms. The quantitative estimate of drug-likeness (QED) is 0.722. The predicted molar refractivity (Wildman–Crippen MR) is 109 cm³/mol. The number of methoxy groups -OCH3 is 1. The van der Waals surface area contributed by atoms with E-state index in [1.165, 1.54) is 11.7 Å². The van der Waals surface area contributed by atoms with Crippen molar-refractivity contribution in [1.29, 1.82) is 0 Å². The molecule has 2 aliphatic rings. The van der Waals surface area contributed by atoms with Crippen LogP contribution >= 0.6 is 12.4 Å². The highest BCUT2D eigenvalue weighted by molar-refractivity contribution is 5.91. The lowest BCUT2D eigenvalue weighted by Gasteiger charge is -2.25. The standard InChI is InChI=1S/C18H24FN5O3.ClH/c1-9(20)10-5-6-22(8-10)15-13(19)7-12-14(16(15)27-2)23(11-3-4-11)18(26)24(21)17(12)25;/h7,9-11H,3-6,8,20-21H2,1-2H3;1H/t9?,10-;/m1./s1. The number of aromatic nitrogens is 2. The summed E-state index contributed by atoms with van der Waals surface area (Å²) in [7, 11) is 1.42. The summed E-state index contributed by atoms with van der Waals surface area (Å²) in [5.41, 5.74) is 5.26. The van der Waals surface area contributed by atoms with Gasteiger partial charge in [0.1, 0.15) is 11.2 Å². The van der Waals surface area contributed by atoms with Gasteiger partial charge in [-0.05, 0) is 38.2 Å². The fourth-order valence-electron chi connectivity index (χ4n) is 4.02. The zero-order valence-corrected chi connectivity index (χ0v) is 16.7. The minimum absolute atomic E-state index is 0. The lowest BCUT2D eigenvalue weighted by Crippen LogP contribution is -2.44. The molecule has 154 valence electrons. The van der Waals surface area contributed by atoms with Gasteiger partial charge in [-0.3, -0.25) is 9.36 Å². The summed E-state index contributed by atoms with van der Waals surface area (Å²) in [4.78, 5) is 27.0. The van der Waals surface area contributed by atoms with Crippen LogP contribution in [0.5, 0.6) is 5.75 Å². The van der Waals surface area contributed by atoms with E-state index in [0.29, 0.717) is 23.3 Å². The van der Waals surface area contributed by atoms with E-state index < -0.39 is 17.1 Å². The minimum atomic E-state index is -0.731. The Kier molecular flexibility index (Phi) is 5.33. The Labute approximate surface area is 167 Å². The molecule has 0 radical (unpaired) electrons. The van der Waals surface area contributed by atoms with E-state index in [9.17, 15) is 9.59 Å². The van der Waals surface area contributed by atoms with Crippen molar-refractivity contribution in [3.63, 3.8) is 0 Å². The van der Waals surface area contributed by atoms with Gasteiger partial charge >= 0.3 is 5.69 Å². The fraction of sp³-hybridized carbons (Fsp3) is 0.556. The van der Waals surface area contributed by atoms with Crippen molar-refractivity contribution in [1.82, 2.24) is 9.24 Å². The maximum Gasteiger partial charge on any atom is 0.350 e. The molecule has 2 fully saturated rings. The second-order valence-corrected chi connectivity index (χ2v) is 7.55. The zero-order chi connectivity index (χ0) is 19.5. The van der Waals surface area contributed by atoms with E-state index >= 15 is 4.39 Å². The normalized spacial score (nSPS) is 20.3. The van der Waals surface area contributed by atoms with E-state index in [4.69, 9.17) is 16.3 Å². The van der Waals surface area contributed by atoms with Gasteiger partial charge in [0.2, 0.25) is 0 Å². The summed E-state index contributed by atoms with van der Waals surface area (Å²) < 4.78 is 22.6. The second-order valence-electron chi connectivity index (χ2n) is 7.55.